The van der Waals surface area contributed by atoms with Gasteiger partial charge in [-0.1, -0.05) is 13.8 Å². The zero-order valence-electron chi connectivity index (χ0n) is 11.5. The third-order valence-electron chi connectivity index (χ3n) is 3.45. The topological polar surface area (TPSA) is 57.2 Å². The third-order valence-corrected chi connectivity index (χ3v) is 3.45. The number of aromatic nitrogens is 1. The Kier molecular flexibility index (Phi) is 3.48. The molecule has 1 heterocycles. The minimum atomic E-state index is -0.238. The maximum absolute atomic E-state index is 11.9. The van der Waals surface area contributed by atoms with E-state index in [-0.39, 0.29) is 11.4 Å². The summed E-state index contributed by atoms with van der Waals surface area (Å²) in [5, 5.41) is 0. The molecule has 1 aromatic rings. The largest absolute Gasteiger partial charge is 0.461 e. The van der Waals surface area contributed by atoms with E-state index in [9.17, 15) is 4.79 Å². The van der Waals surface area contributed by atoms with Gasteiger partial charge in [0.25, 0.3) is 0 Å². The lowest BCUT2D eigenvalue weighted by Gasteiger charge is -2.18. The number of rotatable bonds is 4. The zero-order chi connectivity index (χ0) is 13.3. The van der Waals surface area contributed by atoms with Crippen molar-refractivity contribution in [2.75, 3.05) is 13.2 Å². The quantitative estimate of drug-likeness (QED) is 0.828. The average Bonchev–Trinajstić information content (AvgIpc) is 2.73. The highest BCUT2D eigenvalue weighted by Gasteiger charge is 2.33. The summed E-state index contributed by atoms with van der Waals surface area (Å²) in [5.74, 6) is -0.238. The van der Waals surface area contributed by atoms with Gasteiger partial charge in [-0.2, -0.15) is 0 Å². The van der Waals surface area contributed by atoms with Crippen LogP contribution in [0.3, 0.4) is 0 Å². The lowest BCUT2D eigenvalue weighted by atomic mass is 9.90. The molecule has 0 spiro atoms. The lowest BCUT2D eigenvalue weighted by Crippen LogP contribution is -2.20. The fourth-order valence-electron chi connectivity index (χ4n) is 2.80. The van der Waals surface area contributed by atoms with Gasteiger partial charge in [0.15, 0.2) is 0 Å². The first-order chi connectivity index (χ1) is 8.48. The molecule has 0 aliphatic heterocycles. The molecule has 1 aromatic heterocycles. The summed E-state index contributed by atoms with van der Waals surface area (Å²) in [6.45, 7) is 7.95. The Morgan fingerprint density at radius 1 is 1.50 bits per heavy atom. The van der Waals surface area contributed by atoms with Crippen LogP contribution in [0.1, 0.15) is 42.5 Å². The number of hydrogen-bond acceptors (Lipinski definition) is 3. The molecule has 0 atom stereocenters. The second-order valence-electron chi connectivity index (χ2n) is 5.68. The van der Waals surface area contributed by atoms with Gasteiger partial charge in [-0.05, 0) is 36.8 Å². The molecule has 1 aliphatic rings. The lowest BCUT2D eigenvalue weighted by molar-refractivity contribution is 0.0513. The second kappa shape index (κ2) is 4.76. The molecule has 100 valence electrons. The second-order valence-corrected chi connectivity index (χ2v) is 5.68. The van der Waals surface area contributed by atoms with Gasteiger partial charge in [0.05, 0.1) is 6.61 Å². The number of fused-ring (bicyclic) bond motifs is 1. The van der Waals surface area contributed by atoms with E-state index in [2.05, 4.69) is 13.8 Å². The molecule has 0 aromatic carbocycles. The Morgan fingerprint density at radius 2 is 2.22 bits per heavy atom. The van der Waals surface area contributed by atoms with Crippen molar-refractivity contribution in [1.29, 1.82) is 0 Å². The molecule has 4 nitrogen and oxygen atoms in total. The maximum Gasteiger partial charge on any atom is 0.354 e. The van der Waals surface area contributed by atoms with E-state index in [1.807, 2.05) is 17.6 Å². The summed E-state index contributed by atoms with van der Waals surface area (Å²) in [4.78, 5) is 11.9. The summed E-state index contributed by atoms with van der Waals surface area (Å²) in [5.41, 5.74) is 9.13. The molecule has 0 radical (unpaired) electrons. The van der Waals surface area contributed by atoms with E-state index in [1.165, 1.54) is 11.3 Å². The van der Waals surface area contributed by atoms with Gasteiger partial charge in [-0.15, -0.1) is 0 Å². The van der Waals surface area contributed by atoms with Crippen molar-refractivity contribution < 1.29 is 9.53 Å². The van der Waals surface area contributed by atoms with Crippen molar-refractivity contribution in [2.45, 2.75) is 40.2 Å². The van der Waals surface area contributed by atoms with E-state index in [1.54, 1.807) is 0 Å². The molecule has 0 saturated heterocycles. The zero-order valence-corrected chi connectivity index (χ0v) is 11.5. The van der Waals surface area contributed by atoms with Crippen LogP contribution in [-0.2, 0) is 24.1 Å². The molecule has 18 heavy (non-hydrogen) atoms. The minimum Gasteiger partial charge on any atom is -0.461 e. The summed E-state index contributed by atoms with van der Waals surface area (Å²) in [6.07, 6.45) is 2.02. The molecular formula is C14H22N2O2. The highest BCUT2D eigenvalue weighted by Crippen LogP contribution is 2.38. The normalized spacial score (nSPS) is 16.7. The molecule has 0 amide bonds. The van der Waals surface area contributed by atoms with Crippen LogP contribution in [0.15, 0.2) is 6.07 Å². The molecular weight excluding hydrogens is 228 g/mol. The highest BCUT2D eigenvalue weighted by atomic mass is 16.5. The molecule has 2 rings (SSSR count). The molecule has 4 heteroatoms. The van der Waals surface area contributed by atoms with Gasteiger partial charge in [0.1, 0.15) is 5.69 Å². The fraction of sp³-hybridized carbons (Fsp3) is 0.643. The highest BCUT2D eigenvalue weighted by molar-refractivity contribution is 5.88. The minimum absolute atomic E-state index is 0.238. The molecule has 0 saturated carbocycles. The number of carbonyl (C=O) groups is 1. The van der Waals surface area contributed by atoms with Crippen molar-refractivity contribution in [3.8, 4) is 0 Å². The number of esters is 1. The summed E-state index contributed by atoms with van der Waals surface area (Å²) < 4.78 is 7.15. The molecule has 2 N–H and O–H groups in total. The standard InChI is InChI=1S/C14H22N2O2/c1-4-18-13(17)11-7-10-8-14(2,3)9-12(10)16(11)6-5-15/h7H,4-6,8-9,15H2,1-3H3. The SMILES string of the molecule is CCOC(=O)c1cc2c(n1CCN)CC(C)(C)C2. The Hall–Kier alpha value is -1.29. The van der Waals surface area contributed by atoms with Gasteiger partial charge < -0.3 is 15.0 Å². The summed E-state index contributed by atoms with van der Waals surface area (Å²) in [6, 6.07) is 1.98. The van der Waals surface area contributed by atoms with E-state index >= 15 is 0 Å². The number of hydrogen-bond donors (Lipinski definition) is 1. The van der Waals surface area contributed by atoms with Gasteiger partial charge in [0.2, 0.25) is 0 Å². The van der Waals surface area contributed by atoms with Crippen LogP contribution in [0.2, 0.25) is 0 Å². The summed E-state index contributed by atoms with van der Waals surface area (Å²) in [7, 11) is 0. The fourth-order valence-corrected chi connectivity index (χ4v) is 2.80. The van der Waals surface area contributed by atoms with E-state index < -0.39 is 0 Å². The molecule has 0 fully saturated rings. The van der Waals surface area contributed by atoms with Crippen LogP contribution < -0.4 is 5.73 Å². The van der Waals surface area contributed by atoms with E-state index in [4.69, 9.17) is 10.5 Å². The average molecular weight is 250 g/mol. The Balaban J connectivity index is 2.36. The molecule has 1 aliphatic carbocycles. The van der Waals surface area contributed by atoms with Gasteiger partial charge in [0, 0.05) is 18.8 Å². The van der Waals surface area contributed by atoms with E-state index in [0.29, 0.717) is 25.4 Å². The summed E-state index contributed by atoms with van der Waals surface area (Å²) >= 11 is 0. The van der Waals surface area contributed by atoms with E-state index in [0.717, 1.165) is 12.8 Å². The number of ether oxygens (including phenoxy) is 1. The van der Waals surface area contributed by atoms with Crippen molar-refractivity contribution in [1.82, 2.24) is 4.57 Å². The van der Waals surface area contributed by atoms with Gasteiger partial charge in [-0.3, -0.25) is 0 Å². The van der Waals surface area contributed by atoms with Crippen LogP contribution >= 0.6 is 0 Å². The predicted octanol–water partition coefficient (Wildman–Crippen LogP) is 1.75. The maximum atomic E-state index is 11.9. The first kappa shape index (κ1) is 13.1. The monoisotopic (exact) mass is 250 g/mol. The van der Waals surface area contributed by atoms with Crippen LogP contribution in [0, 0.1) is 5.41 Å². The van der Waals surface area contributed by atoms with Crippen molar-refractivity contribution >= 4 is 5.97 Å². The van der Waals surface area contributed by atoms with Crippen LogP contribution in [-0.4, -0.2) is 23.7 Å². The Labute approximate surface area is 108 Å². The van der Waals surface area contributed by atoms with Crippen molar-refractivity contribution in [3.05, 3.63) is 23.0 Å². The third kappa shape index (κ3) is 2.29. The molecule has 0 bridgehead atoms. The number of carbonyl (C=O) groups excluding carboxylic acids is 1. The van der Waals surface area contributed by atoms with Crippen LogP contribution in [0.25, 0.3) is 0 Å². The van der Waals surface area contributed by atoms with Gasteiger partial charge >= 0.3 is 5.97 Å². The van der Waals surface area contributed by atoms with Crippen molar-refractivity contribution in [3.63, 3.8) is 0 Å². The van der Waals surface area contributed by atoms with Crippen LogP contribution in [0.5, 0.6) is 0 Å². The first-order valence-corrected chi connectivity index (χ1v) is 6.57. The Bertz CT molecular complexity index is 461. The van der Waals surface area contributed by atoms with Gasteiger partial charge in [-0.25, -0.2) is 4.79 Å². The molecule has 0 unspecified atom stereocenters. The van der Waals surface area contributed by atoms with Crippen molar-refractivity contribution in [2.24, 2.45) is 11.1 Å². The smallest absolute Gasteiger partial charge is 0.354 e. The Morgan fingerprint density at radius 3 is 2.83 bits per heavy atom. The number of nitrogens with zero attached hydrogens (tertiary/aromatic N) is 1. The van der Waals surface area contributed by atoms with Crippen LogP contribution in [0.4, 0.5) is 0 Å². The predicted molar refractivity (Wildman–Crippen MR) is 70.6 cm³/mol. The number of nitrogens with two attached hydrogens (primary N) is 1. The first-order valence-electron chi connectivity index (χ1n) is 6.57.